The van der Waals surface area contributed by atoms with E-state index in [1.54, 1.807) is 6.20 Å². The number of nitrogens with zero attached hydrogens (tertiary/aromatic N) is 1. The molecule has 0 atom stereocenters. The average Bonchev–Trinajstić information content (AvgIpc) is 2.54. The Labute approximate surface area is 125 Å². The molecule has 1 amide bonds. The molecule has 0 aliphatic rings. The highest BCUT2D eigenvalue weighted by Gasteiger charge is 2.04. The number of hydrogen-bond acceptors (Lipinski definition) is 3. The van der Waals surface area contributed by atoms with Crippen molar-refractivity contribution in [3.05, 3.63) is 65.5 Å². The van der Waals surface area contributed by atoms with Crippen LogP contribution in [0.3, 0.4) is 0 Å². The third-order valence-corrected chi connectivity index (χ3v) is 3.11. The molecular formula is C17H21N3O. The van der Waals surface area contributed by atoms with Gasteiger partial charge in [-0.05, 0) is 35.7 Å². The zero-order valence-electron chi connectivity index (χ0n) is 12.3. The SMILES string of the molecule is CCCNC(=O)c1cccc(CNCc2cccnc2)c1. The minimum Gasteiger partial charge on any atom is -0.352 e. The molecule has 4 nitrogen and oxygen atoms in total. The van der Waals surface area contributed by atoms with Crippen LogP contribution in [0, 0.1) is 0 Å². The molecule has 2 N–H and O–H groups in total. The maximum absolute atomic E-state index is 11.9. The summed E-state index contributed by atoms with van der Waals surface area (Å²) in [7, 11) is 0. The summed E-state index contributed by atoms with van der Waals surface area (Å²) in [4.78, 5) is 16.0. The lowest BCUT2D eigenvalue weighted by Gasteiger charge is -2.07. The van der Waals surface area contributed by atoms with E-state index in [1.165, 1.54) is 0 Å². The first-order valence-corrected chi connectivity index (χ1v) is 7.26. The number of rotatable bonds is 7. The minimum atomic E-state index is -0.00837. The molecule has 0 aliphatic carbocycles. The molecule has 0 unspecified atom stereocenters. The first-order valence-electron chi connectivity index (χ1n) is 7.26. The van der Waals surface area contributed by atoms with Crippen molar-refractivity contribution in [3.8, 4) is 0 Å². The fourth-order valence-electron chi connectivity index (χ4n) is 2.02. The summed E-state index contributed by atoms with van der Waals surface area (Å²) in [6, 6.07) is 11.7. The number of benzene rings is 1. The fraction of sp³-hybridized carbons (Fsp3) is 0.294. The smallest absolute Gasteiger partial charge is 0.251 e. The first kappa shape index (κ1) is 15.2. The predicted molar refractivity (Wildman–Crippen MR) is 83.8 cm³/mol. The van der Waals surface area contributed by atoms with Crippen LogP contribution in [0.5, 0.6) is 0 Å². The molecule has 1 heterocycles. The van der Waals surface area contributed by atoms with Crippen molar-refractivity contribution in [1.82, 2.24) is 15.6 Å². The van der Waals surface area contributed by atoms with E-state index in [-0.39, 0.29) is 5.91 Å². The van der Waals surface area contributed by atoms with Gasteiger partial charge in [-0.1, -0.05) is 25.1 Å². The quantitative estimate of drug-likeness (QED) is 0.821. The van der Waals surface area contributed by atoms with Crippen LogP contribution < -0.4 is 10.6 Å². The molecule has 0 saturated carbocycles. The second kappa shape index (κ2) is 8.17. The maximum atomic E-state index is 11.9. The molecule has 0 aliphatic heterocycles. The van der Waals surface area contributed by atoms with Gasteiger partial charge in [0.15, 0.2) is 0 Å². The highest BCUT2D eigenvalue weighted by molar-refractivity contribution is 5.94. The van der Waals surface area contributed by atoms with E-state index >= 15 is 0 Å². The van der Waals surface area contributed by atoms with Gasteiger partial charge in [0.2, 0.25) is 0 Å². The zero-order valence-corrected chi connectivity index (χ0v) is 12.3. The summed E-state index contributed by atoms with van der Waals surface area (Å²) < 4.78 is 0. The Balaban J connectivity index is 1.87. The predicted octanol–water partition coefficient (Wildman–Crippen LogP) is 2.51. The van der Waals surface area contributed by atoms with E-state index in [0.717, 1.165) is 30.6 Å². The second-order valence-corrected chi connectivity index (χ2v) is 4.92. The van der Waals surface area contributed by atoms with Gasteiger partial charge in [0.1, 0.15) is 0 Å². The van der Waals surface area contributed by atoms with Crippen molar-refractivity contribution in [2.75, 3.05) is 6.54 Å². The molecule has 0 bridgehead atoms. The molecule has 0 spiro atoms. The highest BCUT2D eigenvalue weighted by atomic mass is 16.1. The molecule has 2 rings (SSSR count). The van der Waals surface area contributed by atoms with Crippen LogP contribution in [0.4, 0.5) is 0 Å². The van der Waals surface area contributed by atoms with Gasteiger partial charge in [-0.25, -0.2) is 0 Å². The summed E-state index contributed by atoms with van der Waals surface area (Å²) in [5.41, 5.74) is 2.96. The highest BCUT2D eigenvalue weighted by Crippen LogP contribution is 2.06. The van der Waals surface area contributed by atoms with Crippen molar-refractivity contribution in [2.45, 2.75) is 26.4 Å². The summed E-state index contributed by atoms with van der Waals surface area (Å²) in [5, 5.41) is 6.25. The Bertz CT molecular complexity index is 569. The number of pyridine rings is 1. The van der Waals surface area contributed by atoms with Crippen LogP contribution in [-0.2, 0) is 13.1 Å². The van der Waals surface area contributed by atoms with E-state index in [1.807, 2.05) is 49.5 Å². The van der Waals surface area contributed by atoms with Crippen molar-refractivity contribution in [3.63, 3.8) is 0 Å². The number of hydrogen-bond donors (Lipinski definition) is 2. The Morgan fingerprint density at radius 3 is 2.71 bits per heavy atom. The zero-order chi connectivity index (χ0) is 14.9. The van der Waals surface area contributed by atoms with Crippen molar-refractivity contribution >= 4 is 5.91 Å². The van der Waals surface area contributed by atoms with Gasteiger partial charge >= 0.3 is 0 Å². The molecule has 2 aromatic rings. The van der Waals surface area contributed by atoms with Crippen LogP contribution in [0.15, 0.2) is 48.8 Å². The lowest BCUT2D eigenvalue weighted by Crippen LogP contribution is -2.24. The van der Waals surface area contributed by atoms with Crippen LogP contribution in [0.25, 0.3) is 0 Å². The van der Waals surface area contributed by atoms with E-state index in [2.05, 4.69) is 15.6 Å². The van der Waals surface area contributed by atoms with Crippen LogP contribution in [-0.4, -0.2) is 17.4 Å². The van der Waals surface area contributed by atoms with E-state index < -0.39 is 0 Å². The van der Waals surface area contributed by atoms with E-state index in [9.17, 15) is 4.79 Å². The van der Waals surface area contributed by atoms with Crippen molar-refractivity contribution in [2.24, 2.45) is 0 Å². The van der Waals surface area contributed by atoms with Gasteiger partial charge in [-0.15, -0.1) is 0 Å². The summed E-state index contributed by atoms with van der Waals surface area (Å²) in [6.07, 6.45) is 4.56. The minimum absolute atomic E-state index is 0.00837. The van der Waals surface area contributed by atoms with Gasteiger partial charge in [0.05, 0.1) is 0 Å². The molecule has 1 aromatic heterocycles. The number of carbonyl (C=O) groups excluding carboxylic acids is 1. The maximum Gasteiger partial charge on any atom is 0.251 e. The molecule has 0 fully saturated rings. The van der Waals surface area contributed by atoms with Crippen molar-refractivity contribution < 1.29 is 4.79 Å². The summed E-state index contributed by atoms with van der Waals surface area (Å²) in [6.45, 7) is 4.24. The topological polar surface area (TPSA) is 54.0 Å². The van der Waals surface area contributed by atoms with E-state index in [0.29, 0.717) is 12.1 Å². The Morgan fingerprint density at radius 1 is 1.14 bits per heavy atom. The fourth-order valence-corrected chi connectivity index (χ4v) is 2.02. The van der Waals surface area contributed by atoms with E-state index in [4.69, 9.17) is 0 Å². The standard InChI is InChI=1S/C17H21N3O/c1-2-8-20-17(21)16-7-3-5-14(10-16)11-19-13-15-6-4-9-18-12-15/h3-7,9-10,12,19H,2,8,11,13H2,1H3,(H,20,21). The first-order chi connectivity index (χ1) is 10.3. The Morgan fingerprint density at radius 2 is 1.95 bits per heavy atom. The number of amides is 1. The third kappa shape index (κ3) is 5.00. The largest absolute Gasteiger partial charge is 0.352 e. The van der Waals surface area contributed by atoms with Crippen molar-refractivity contribution in [1.29, 1.82) is 0 Å². The van der Waals surface area contributed by atoms with Gasteiger partial charge in [-0.2, -0.15) is 0 Å². The molecule has 0 saturated heterocycles. The monoisotopic (exact) mass is 283 g/mol. The molecule has 0 radical (unpaired) electrons. The van der Waals surface area contributed by atoms with Crippen LogP contribution in [0.1, 0.15) is 34.8 Å². The summed E-state index contributed by atoms with van der Waals surface area (Å²) in [5.74, 6) is -0.00837. The Kier molecular flexibility index (Phi) is 5.91. The summed E-state index contributed by atoms with van der Waals surface area (Å²) >= 11 is 0. The lowest BCUT2D eigenvalue weighted by molar-refractivity contribution is 0.0953. The van der Waals surface area contributed by atoms with Gasteiger partial charge in [0.25, 0.3) is 5.91 Å². The molecule has 1 aromatic carbocycles. The third-order valence-electron chi connectivity index (χ3n) is 3.11. The number of carbonyl (C=O) groups is 1. The normalized spacial score (nSPS) is 10.3. The van der Waals surface area contributed by atoms with Crippen LogP contribution in [0.2, 0.25) is 0 Å². The second-order valence-electron chi connectivity index (χ2n) is 4.92. The molecular weight excluding hydrogens is 262 g/mol. The number of nitrogens with one attached hydrogen (secondary N) is 2. The average molecular weight is 283 g/mol. The van der Waals surface area contributed by atoms with Gasteiger partial charge in [-0.3, -0.25) is 9.78 Å². The molecule has 4 heteroatoms. The molecule has 110 valence electrons. The molecule has 21 heavy (non-hydrogen) atoms. The van der Waals surface area contributed by atoms with Crippen LogP contribution >= 0.6 is 0 Å². The number of aromatic nitrogens is 1. The lowest BCUT2D eigenvalue weighted by atomic mass is 10.1. The van der Waals surface area contributed by atoms with Gasteiger partial charge < -0.3 is 10.6 Å². The Hall–Kier alpha value is -2.20. The van der Waals surface area contributed by atoms with Gasteiger partial charge in [0, 0.05) is 37.6 Å².